The number of aryl methyl sites for hydroxylation is 1. The molecule has 0 radical (unpaired) electrons. The highest BCUT2D eigenvalue weighted by Crippen LogP contribution is 2.45. The SMILES string of the molecule is CCc1nc(-c2cc(OCC3CC3)c(C3CC3)cn2)no1. The van der Waals surface area contributed by atoms with Crippen molar-refractivity contribution in [3.8, 4) is 17.3 Å². The highest BCUT2D eigenvalue weighted by atomic mass is 16.5. The van der Waals surface area contributed by atoms with Gasteiger partial charge in [-0.25, -0.2) is 0 Å². The Kier molecular flexibility index (Phi) is 3.13. The molecule has 5 heteroatoms. The molecular weight excluding hydrogens is 266 g/mol. The van der Waals surface area contributed by atoms with Crippen molar-refractivity contribution in [2.45, 2.75) is 44.9 Å². The monoisotopic (exact) mass is 285 g/mol. The summed E-state index contributed by atoms with van der Waals surface area (Å²) in [6.45, 7) is 2.81. The molecule has 0 aliphatic heterocycles. The average Bonchev–Trinajstić information content (AvgIpc) is 3.43. The highest BCUT2D eigenvalue weighted by molar-refractivity contribution is 5.54. The molecule has 4 rings (SSSR count). The van der Waals surface area contributed by atoms with Crippen molar-refractivity contribution in [2.75, 3.05) is 6.61 Å². The van der Waals surface area contributed by atoms with Gasteiger partial charge in [0.25, 0.3) is 0 Å². The number of pyridine rings is 1. The summed E-state index contributed by atoms with van der Waals surface area (Å²) < 4.78 is 11.2. The maximum atomic E-state index is 6.03. The molecular formula is C16H19N3O2. The molecule has 2 aromatic rings. The van der Waals surface area contributed by atoms with Gasteiger partial charge in [0.1, 0.15) is 11.4 Å². The van der Waals surface area contributed by atoms with E-state index in [1.165, 1.54) is 31.2 Å². The minimum atomic E-state index is 0.547. The molecule has 0 atom stereocenters. The van der Waals surface area contributed by atoms with Crippen LogP contribution in [0.3, 0.4) is 0 Å². The Labute approximate surface area is 123 Å². The van der Waals surface area contributed by atoms with Crippen LogP contribution in [0.2, 0.25) is 0 Å². The first-order valence-corrected chi connectivity index (χ1v) is 7.79. The largest absolute Gasteiger partial charge is 0.493 e. The molecule has 0 amide bonds. The molecule has 0 spiro atoms. The van der Waals surface area contributed by atoms with Gasteiger partial charge in [-0.2, -0.15) is 4.98 Å². The van der Waals surface area contributed by atoms with E-state index in [4.69, 9.17) is 9.26 Å². The van der Waals surface area contributed by atoms with Crippen molar-refractivity contribution < 1.29 is 9.26 Å². The quantitative estimate of drug-likeness (QED) is 0.814. The highest BCUT2D eigenvalue weighted by Gasteiger charge is 2.29. The van der Waals surface area contributed by atoms with Crippen LogP contribution in [0.1, 0.15) is 50.0 Å². The minimum Gasteiger partial charge on any atom is -0.493 e. The number of rotatable bonds is 6. The van der Waals surface area contributed by atoms with Crippen molar-refractivity contribution in [3.05, 3.63) is 23.7 Å². The number of hydrogen-bond donors (Lipinski definition) is 0. The normalized spacial score (nSPS) is 18.0. The van der Waals surface area contributed by atoms with Gasteiger partial charge in [-0.1, -0.05) is 12.1 Å². The van der Waals surface area contributed by atoms with Crippen LogP contribution >= 0.6 is 0 Å². The van der Waals surface area contributed by atoms with Crippen molar-refractivity contribution in [2.24, 2.45) is 5.92 Å². The van der Waals surface area contributed by atoms with Gasteiger partial charge < -0.3 is 9.26 Å². The van der Waals surface area contributed by atoms with E-state index in [2.05, 4.69) is 15.1 Å². The van der Waals surface area contributed by atoms with Gasteiger partial charge in [-0.3, -0.25) is 4.98 Å². The second-order valence-electron chi connectivity index (χ2n) is 6.00. The molecule has 5 nitrogen and oxygen atoms in total. The van der Waals surface area contributed by atoms with Crippen LogP contribution in [-0.4, -0.2) is 21.7 Å². The van der Waals surface area contributed by atoms with E-state index in [0.717, 1.165) is 30.4 Å². The predicted octanol–water partition coefficient (Wildman–Crippen LogP) is 3.36. The van der Waals surface area contributed by atoms with Gasteiger partial charge in [0.15, 0.2) is 0 Å². The van der Waals surface area contributed by atoms with Crippen molar-refractivity contribution in [1.82, 2.24) is 15.1 Å². The summed E-state index contributed by atoms with van der Waals surface area (Å²) in [5.41, 5.74) is 1.97. The first-order chi connectivity index (χ1) is 10.3. The third kappa shape index (κ3) is 2.77. The second kappa shape index (κ2) is 5.13. The van der Waals surface area contributed by atoms with Crippen molar-refractivity contribution in [3.63, 3.8) is 0 Å². The summed E-state index contributed by atoms with van der Waals surface area (Å²) in [6, 6.07) is 1.97. The summed E-state index contributed by atoms with van der Waals surface area (Å²) >= 11 is 0. The zero-order valence-electron chi connectivity index (χ0n) is 12.2. The van der Waals surface area contributed by atoms with Crippen LogP contribution in [0.15, 0.2) is 16.8 Å². The van der Waals surface area contributed by atoms with Gasteiger partial charge in [0.05, 0.1) is 6.61 Å². The van der Waals surface area contributed by atoms with E-state index in [1.807, 2.05) is 19.2 Å². The first-order valence-electron chi connectivity index (χ1n) is 7.79. The van der Waals surface area contributed by atoms with Crippen LogP contribution in [0.5, 0.6) is 5.75 Å². The van der Waals surface area contributed by atoms with Crippen LogP contribution < -0.4 is 4.74 Å². The van der Waals surface area contributed by atoms with E-state index >= 15 is 0 Å². The van der Waals surface area contributed by atoms with Gasteiger partial charge in [-0.15, -0.1) is 0 Å². The van der Waals surface area contributed by atoms with Crippen LogP contribution in [-0.2, 0) is 6.42 Å². The van der Waals surface area contributed by atoms with E-state index in [9.17, 15) is 0 Å². The molecule has 2 aliphatic carbocycles. The lowest BCUT2D eigenvalue weighted by atomic mass is 10.1. The third-order valence-corrected chi connectivity index (χ3v) is 4.08. The summed E-state index contributed by atoms with van der Waals surface area (Å²) in [7, 11) is 0. The summed E-state index contributed by atoms with van der Waals surface area (Å²) in [5.74, 6) is 3.50. The number of aromatic nitrogens is 3. The second-order valence-corrected chi connectivity index (χ2v) is 6.00. The van der Waals surface area contributed by atoms with E-state index in [-0.39, 0.29) is 0 Å². The molecule has 21 heavy (non-hydrogen) atoms. The average molecular weight is 285 g/mol. The van der Waals surface area contributed by atoms with Gasteiger partial charge >= 0.3 is 0 Å². The Morgan fingerprint density at radius 2 is 2.14 bits per heavy atom. The van der Waals surface area contributed by atoms with Gasteiger partial charge in [-0.05, 0) is 37.5 Å². The van der Waals surface area contributed by atoms with E-state index < -0.39 is 0 Å². The first kappa shape index (κ1) is 12.8. The fourth-order valence-corrected chi connectivity index (χ4v) is 2.39. The zero-order valence-corrected chi connectivity index (χ0v) is 12.2. The summed E-state index contributed by atoms with van der Waals surface area (Å²) in [6.07, 6.45) is 7.73. The molecule has 2 aromatic heterocycles. The molecule has 2 saturated carbocycles. The fourth-order valence-electron chi connectivity index (χ4n) is 2.39. The van der Waals surface area contributed by atoms with Crippen LogP contribution in [0.4, 0.5) is 0 Å². The Morgan fingerprint density at radius 3 is 2.81 bits per heavy atom. The van der Waals surface area contributed by atoms with E-state index in [1.54, 1.807) is 0 Å². The zero-order chi connectivity index (χ0) is 14.2. The Hall–Kier alpha value is -1.91. The fraction of sp³-hybridized carbons (Fsp3) is 0.562. The van der Waals surface area contributed by atoms with Crippen LogP contribution in [0, 0.1) is 5.92 Å². The molecule has 0 bridgehead atoms. The molecule has 0 saturated heterocycles. The molecule has 0 N–H and O–H groups in total. The molecule has 0 aromatic carbocycles. The molecule has 2 fully saturated rings. The van der Waals surface area contributed by atoms with Crippen LogP contribution in [0.25, 0.3) is 11.5 Å². The Morgan fingerprint density at radius 1 is 1.29 bits per heavy atom. The smallest absolute Gasteiger partial charge is 0.226 e. The number of nitrogens with zero attached hydrogens (tertiary/aromatic N) is 3. The minimum absolute atomic E-state index is 0.547. The standard InChI is InChI=1S/C16H19N3O2/c1-2-15-18-16(19-21-15)13-7-14(20-9-10-3-4-10)12(8-17-13)11-5-6-11/h7-8,10-11H,2-6,9H2,1H3. The predicted molar refractivity (Wildman–Crippen MR) is 77.1 cm³/mol. The molecule has 0 unspecified atom stereocenters. The Bertz CT molecular complexity index is 645. The lowest BCUT2D eigenvalue weighted by molar-refractivity contribution is 0.296. The van der Waals surface area contributed by atoms with Crippen molar-refractivity contribution in [1.29, 1.82) is 0 Å². The summed E-state index contributed by atoms with van der Waals surface area (Å²) in [4.78, 5) is 8.84. The topological polar surface area (TPSA) is 61.0 Å². The molecule has 110 valence electrons. The summed E-state index contributed by atoms with van der Waals surface area (Å²) in [5, 5.41) is 3.99. The number of ether oxygens (including phenoxy) is 1. The molecule has 2 heterocycles. The maximum Gasteiger partial charge on any atom is 0.226 e. The van der Waals surface area contributed by atoms with Gasteiger partial charge in [0, 0.05) is 24.2 Å². The Balaban J connectivity index is 1.62. The third-order valence-electron chi connectivity index (χ3n) is 4.08. The lowest BCUT2D eigenvalue weighted by Gasteiger charge is -2.11. The lowest BCUT2D eigenvalue weighted by Crippen LogP contribution is -2.02. The number of hydrogen-bond acceptors (Lipinski definition) is 5. The van der Waals surface area contributed by atoms with E-state index in [0.29, 0.717) is 17.6 Å². The molecule has 2 aliphatic rings. The van der Waals surface area contributed by atoms with Crippen molar-refractivity contribution >= 4 is 0 Å². The maximum absolute atomic E-state index is 6.03. The van der Waals surface area contributed by atoms with Gasteiger partial charge in [0.2, 0.25) is 11.7 Å².